The number of benzene rings is 4. The van der Waals surface area contributed by atoms with Crippen LogP contribution in [0, 0.1) is 11.6 Å². The standard InChI is InChI=1S/C33H35FN8O2.C28H27FN8/c1-22(23-8-6-5-7-9-23)36-31-35-17-16-28(38-31)42-26-14-15-27(37-29(26)39-30(42)24-10-12-25(34)13-11-24)40-18-20-41(21-19-40)32(43)44-33(2,3)4;1-19(20-5-3-2-4-6-20)32-28-31-14-13-25(34-28)37-23-11-12-24(36-17-15-30-16-18-36)33-26(23)35-27(37)21-7-9-22(29)10-8-21/h5-17,22H,18-21H2,1-4H3,(H,35,36,38);2-14,19,30H,15-18H2,1H3,(H,31,32,34)/t22-;19-/m11/s1. The Morgan fingerprint density at radius 2 is 0.951 bits per heavy atom. The second-order valence-corrected chi connectivity index (χ2v) is 20.8. The predicted octanol–water partition coefficient (Wildman–Crippen LogP) is 10.8. The van der Waals surface area contributed by atoms with Gasteiger partial charge in [0, 0.05) is 75.9 Å². The van der Waals surface area contributed by atoms with E-state index in [1.165, 1.54) is 24.3 Å². The lowest BCUT2D eigenvalue weighted by molar-refractivity contribution is 0.0240. The second kappa shape index (κ2) is 23.5. The van der Waals surface area contributed by atoms with Gasteiger partial charge in [-0.25, -0.2) is 43.5 Å². The zero-order chi connectivity index (χ0) is 56.0. The Bertz CT molecular complexity index is 3770. The molecule has 81 heavy (non-hydrogen) atoms. The van der Waals surface area contributed by atoms with Crippen LogP contribution < -0.4 is 25.8 Å². The van der Waals surface area contributed by atoms with E-state index in [-0.39, 0.29) is 29.8 Å². The molecule has 4 aromatic carbocycles. The Labute approximate surface area is 468 Å². The molecule has 412 valence electrons. The molecule has 10 aromatic rings. The first kappa shape index (κ1) is 53.6. The Kier molecular flexibility index (Phi) is 15.5. The highest BCUT2D eigenvalue weighted by molar-refractivity contribution is 5.83. The molecule has 0 radical (unpaired) electrons. The van der Waals surface area contributed by atoms with Gasteiger partial charge in [0.05, 0.1) is 23.1 Å². The first-order valence-corrected chi connectivity index (χ1v) is 27.1. The van der Waals surface area contributed by atoms with E-state index < -0.39 is 5.60 Å². The smallest absolute Gasteiger partial charge is 0.410 e. The number of aromatic nitrogens is 10. The SMILES string of the molecule is C[C@@H](Nc1nccc(-n2c(-c3ccc(F)cc3)nc3nc(N4CCN(C(=O)OC(C)(C)C)CC4)ccc32)n1)c1ccccc1.C[C@@H](Nc1nccc(-n2c(-c3ccc(F)cc3)nc3nc(N4CCNCC4)ccc32)n1)c1ccccc1. The molecule has 0 unspecified atom stereocenters. The summed E-state index contributed by atoms with van der Waals surface area (Å²) < 4.78 is 37.0. The summed E-state index contributed by atoms with van der Waals surface area (Å²) in [5.41, 5.74) is 5.93. The zero-order valence-electron chi connectivity index (χ0n) is 45.7. The highest BCUT2D eigenvalue weighted by atomic mass is 19.1. The monoisotopic (exact) mass is 1090 g/mol. The molecule has 0 spiro atoms. The number of nitrogens with one attached hydrogen (secondary N) is 3. The highest BCUT2D eigenvalue weighted by Gasteiger charge is 2.28. The molecule has 20 heteroatoms. The van der Waals surface area contributed by atoms with Crippen molar-refractivity contribution >= 4 is 52.0 Å². The van der Waals surface area contributed by atoms with Crippen LogP contribution in [0.2, 0.25) is 0 Å². The number of halogens is 2. The molecule has 2 fully saturated rings. The van der Waals surface area contributed by atoms with Crippen LogP contribution in [0.25, 0.3) is 56.7 Å². The number of hydrogen-bond donors (Lipinski definition) is 3. The van der Waals surface area contributed by atoms with E-state index >= 15 is 0 Å². The van der Waals surface area contributed by atoms with Crippen molar-refractivity contribution < 1.29 is 18.3 Å². The van der Waals surface area contributed by atoms with Crippen LogP contribution in [0.5, 0.6) is 0 Å². The number of fused-ring (bicyclic) bond motifs is 2. The third kappa shape index (κ3) is 12.4. The summed E-state index contributed by atoms with van der Waals surface area (Å²) in [4.78, 5) is 56.8. The quantitative estimate of drug-likeness (QED) is 0.105. The molecule has 6 aromatic heterocycles. The Hall–Kier alpha value is -9.43. The van der Waals surface area contributed by atoms with Crippen molar-refractivity contribution in [1.29, 1.82) is 0 Å². The van der Waals surface area contributed by atoms with Crippen molar-refractivity contribution in [1.82, 2.24) is 59.2 Å². The van der Waals surface area contributed by atoms with Crippen molar-refractivity contribution in [3.63, 3.8) is 0 Å². The molecule has 2 aliphatic heterocycles. The summed E-state index contributed by atoms with van der Waals surface area (Å²) in [7, 11) is 0. The van der Waals surface area contributed by atoms with Crippen molar-refractivity contribution in [3.05, 3.63) is 181 Å². The minimum Gasteiger partial charge on any atom is -0.444 e. The number of imidazole rings is 2. The van der Waals surface area contributed by atoms with E-state index in [1.807, 2.05) is 103 Å². The van der Waals surface area contributed by atoms with E-state index in [0.717, 1.165) is 71.1 Å². The van der Waals surface area contributed by atoms with E-state index in [9.17, 15) is 13.6 Å². The summed E-state index contributed by atoms with van der Waals surface area (Å²) in [5, 5.41) is 10.2. The van der Waals surface area contributed by atoms with Crippen LogP contribution >= 0.6 is 0 Å². The Morgan fingerprint density at radius 3 is 1.38 bits per heavy atom. The van der Waals surface area contributed by atoms with Gasteiger partial charge in [-0.3, -0.25) is 9.13 Å². The molecule has 18 nitrogen and oxygen atoms in total. The molecule has 2 atom stereocenters. The maximum atomic E-state index is 13.9. The van der Waals surface area contributed by atoms with Gasteiger partial charge in [-0.05, 0) is 131 Å². The Morgan fingerprint density at radius 1 is 0.519 bits per heavy atom. The topological polar surface area (TPSA) is 185 Å². The van der Waals surface area contributed by atoms with E-state index in [1.54, 1.807) is 41.6 Å². The number of rotatable bonds is 12. The average Bonchev–Trinajstić information content (AvgIpc) is 4.16. The fourth-order valence-corrected chi connectivity index (χ4v) is 9.77. The van der Waals surface area contributed by atoms with E-state index in [4.69, 9.17) is 34.6 Å². The van der Waals surface area contributed by atoms with E-state index in [0.29, 0.717) is 72.7 Å². The molecule has 1 amide bonds. The van der Waals surface area contributed by atoms with Crippen molar-refractivity contribution in [3.8, 4) is 34.4 Å². The number of carbonyl (C=O) groups excluding carboxylic acids is 1. The predicted molar refractivity (Wildman–Crippen MR) is 312 cm³/mol. The van der Waals surface area contributed by atoms with Gasteiger partial charge in [0.25, 0.3) is 0 Å². The molecule has 2 saturated heterocycles. The first-order chi connectivity index (χ1) is 39.3. The number of ether oxygens (including phenoxy) is 1. The van der Waals surface area contributed by atoms with Crippen molar-refractivity contribution in [2.75, 3.05) is 72.8 Å². The molecule has 8 heterocycles. The van der Waals surface area contributed by atoms with Crippen LogP contribution in [-0.4, -0.2) is 118 Å². The van der Waals surface area contributed by atoms with Crippen LogP contribution in [0.4, 0.5) is 37.1 Å². The normalized spacial score (nSPS) is 14.5. The lowest BCUT2D eigenvalue weighted by atomic mass is 10.1. The maximum Gasteiger partial charge on any atom is 0.410 e. The van der Waals surface area contributed by atoms with Gasteiger partial charge < -0.3 is 35.4 Å². The van der Waals surface area contributed by atoms with Crippen molar-refractivity contribution in [2.24, 2.45) is 0 Å². The maximum absolute atomic E-state index is 13.9. The van der Waals surface area contributed by atoms with E-state index in [2.05, 4.69) is 73.8 Å². The minimum absolute atomic E-state index is 0.0115. The molecule has 2 aliphatic rings. The summed E-state index contributed by atoms with van der Waals surface area (Å²) in [6, 6.07) is 44.4. The minimum atomic E-state index is -0.539. The van der Waals surface area contributed by atoms with Crippen molar-refractivity contribution in [2.45, 2.75) is 52.3 Å². The molecular weight excluding hydrogens is 1030 g/mol. The third-order valence-electron chi connectivity index (χ3n) is 13.9. The molecular formula is C61H62F2N16O2. The number of carbonyl (C=O) groups is 1. The second-order valence-electron chi connectivity index (χ2n) is 20.8. The number of nitrogens with zero attached hydrogens (tertiary/aromatic N) is 13. The number of anilines is 4. The van der Waals surface area contributed by atoms with Gasteiger partial charge >= 0.3 is 6.09 Å². The lowest BCUT2D eigenvalue weighted by Crippen LogP contribution is -2.50. The van der Waals surface area contributed by atoms with Gasteiger partial charge in [0.1, 0.15) is 52.2 Å². The number of hydrogen-bond acceptors (Lipinski definition) is 15. The lowest BCUT2D eigenvalue weighted by Gasteiger charge is -2.36. The largest absolute Gasteiger partial charge is 0.444 e. The molecule has 0 aliphatic carbocycles. The highest BCUT2D eigenvalue weighted by Crippen LogP contribution is 2.32. The van der Waals surface area contributed by atoms with Gasteiger partial charge in [-0.2, -0.15) is 9.97 Å². The summed E-state index contributed by atoms with van der Waals surface area (Å²) in [6.45, 7) is 15.6. The Balaban J connectivity index is 0.000000173. The van der Waals surface area contributed by atoms with Gasteiger partial charge in [-0.15, -0.1) is 0 Å². The average molecular weight is 1090 g/mol. The third-order valence-corrected chi connectivity index (χ3v) is 13.9. The molecule has 0 saturated carbocycles. The number of piperazine rings is 2. The number of pyridine rings is 2. The van der Waals surface area contributed by atoms with Crippen LogP contribution in [0.15, 0.2) is 158 Å². The summed E-state index contributed by atoms with van der Waals surface area (Å²) >= 11 is 0. The fraction of sp³-hybridized carbons (Fsp3) is 0.262. The van der Waals surface area contributed by atoms with Gasteiger partial charge in [-0.1, -0.05) is 60.7 Å². The van der Waals surface area contributed by atoms with Gasteiger partial charge in [0.2, 0.25) is 11.9 Å². The molecule has 12 rings (SSSR count). The summed E-state index contributed by atoms with van der Waals surface area (Å²) in [6.07, 6.45) is 3.12. The van der Waals surface area contributed by atoms with Crippen LogP contribution in [-0.2, 0) is 4.74 Å². The van der Waals surface area contributed by atoms with Crippen LogP contribution in [0.3, 0.4) is 0 Å². The van der Waals surface area contributed by atoms with Gasteiger partial charge in [0.15, 0.2) is 11.3 Å². The first-order valence-electron chi connectivity index (χ1n) is 27.1. The zero-order valence-corrected chi connectivity index (χ0v) is 45.7. The molecule has 0 bridgehead atoms. The number of amides is 1. The molecule has 3 N–H and O–H groups in total. The fourth-order valence-electron chi connectivity index (χ4n) is 9.77. The summed E-state index contributed by atoms with van der Waals surface area (Å²) in [5.74, 6) is 4.48. The van der Waals surface area contributed by atoms with Crippen LogP contribution in [0.1, 0.15) is 57.8 Å².